The van der Waals surface area contributed by atoms with Crippen LogP contribution in [0.15, 0.2) is 48.5 Å². The molecule has 0 bridgehead atoms. The van der Waals surface area contributed by atoms with Gasteiger partial charge in [0.1, 0.15) is 11.6 Å². The molecule has 2 rings (SSSR count). The van der Waals surface area contributed by atoms with E-state index in [9.17, 15) is 4.39 Å². The van der Waals surface area contributed by atoms with E-state index in [2.05, 4.69) is 12.3 Å². The van der Waals surface area contributed by atoms with Crippen molar-refractivity contribution in [2.45, 2.75) is 25.8 Å². The van der Waals surface area contributed by atoms with Crippen molar-refractivity contribution in [3.8, 4) is 5.75 Å². The van der Waals surface area contributed by atoms with Gasteiger partial charge in [0.25, 0.3) is 0 Å². The number of ether oxygens (including phenoxy) is 1. The van der Waals surface area contributed by atoms with Gasteiger partial charge in [0.15, 0.2) is 0 Å². The zero-order chi connectivity index (χ0) is 15.1. The van der Waals surface area contributed by atoms with Gasteiger partial charge in [-0.3, -0.25) is 11.3 Å². The number of nitrogens with two attached hydrogens (primary N) is 1. The molecule has 0 spiro atoms. The van der Waals surface area contributed by atoms with Gasteiger partial charge < -0.3 is 4.74 Å². The molecule has 1 atom stereocenters. The molecule has 0 radical (unpaired) electrons. The third kappa shape index (κ3) is 4.28. The van der Waals surface area contributed by atoms with Crippen LogP contribution in [0.1, 0.15) is 30.5 Å². The topological polar surface area (TPSA) is 47.3 Å². The largest absolute Gasteiger partial charge is 0.494 e. The minimum absolute atomic E-state index is 0.137. The van der Waals surface area contributed by atoms with Gasteiger partial charge in [0, 0.05) is 0 Å². The van der Waals surface area contributed by atoms with Gasteiger partial charge in [-0.2, -0.15) is 0 Å². The second kappa shape index (κ2) is 7.76. The maximum atomic E-state index is 13.7. The van der Waals surface area contributed by atoms with E-state index < -0.39 is 0 Å². The molecule has 112 valence electrons. The van der Waals surface area contributed by atoms with Gasteiger partial charge in [0.2, 0.25) is 0 Å². The fourth-order valence-electron chi connectivity index (χ4n) is 2.17. The summed E-state index contributed by atoms with van der Waals surface area (Å²) in [5.74, 6) is 6.24. The third-order valence-corrected chi connectivity index (χ3v) is 3.34. The van der Waals surface area contributed by atoms with Gasteiger partial charge in [0.05, 0.1) is 12.6 Å². The minimum atomic E-state index is -0.208. The highest BCUT2D eigenvalue weighted by Crippen LogP contribution is 2.22. The Bertz CT molecular complexity index is 557. The Balaban J connectivity index is 2.08. The Morgan fingerprint density at radius 2 is 1.86 bits per heavy atom. The molecule has 0 aliphatic carbocycles. The fourth-order valence-corrected chi connectivity index (χ4v) is 2.17. The minimum Gasteiger partial charge on any atom is -0.494 e. The van der Waals surface area contributed by atoms with E-state index in [1.165, 1.54) is 6.07 Å². The summed E-state index contributed by atoms with van der Waals surface area (Å²) in [5.41, 5.74) is 4.40. The molecular weight excluding hydrogens is 267 g/mol. The van der Waals surface area contributed by atoms with Crippen LogP contribution in [-0.4, -0.2) is 6.61 Å². The van der Waals surface area contributed by atoms with Crippen LogP contribution in [-0.2, 0) is 6.42 Å². The van der Waals surface area contributed by atoms with Crippen molar-refractivity contribution >= 4 is 0 Å². The predicted octanol–water partition coefficient (Wildman–Crippen LogP) is 3.36. The second-order valence-corrected chi connectivity index (χ2v) is 4.93. The fraction of sp³-hybridized carbons (Fsp3) is 0.294. The molecule has 3 nitrogen and oxygen atoms in total. The molecule has 3 N–H and O–H groups in total. The number of nitrogens with one attached hydrogen (secondary N) is 1. The lowest BCUT2D eigenvalue weighted by Crippen LogP contribution is -2.29. The van der Waals surface area contributed by atoms with Crippen molar-refractivity contribution in [3.63, 3.8) is 0 Å². The zero-order valence-electron chi connectivity index (χ0n) is 12.2. The Labute approximate surface area is 124 Å². The van der Waals surface area contributed by atoms with Crippen LogP contribution in [0.25, 0.3) is 0 Å². The maximum Gasteiger partial charge on any atom is 0.126 e. The van der Waals surface area contributed by atoms with Gasteiger partial charge >= 0.3 is 0 Å². The first-order chi connectivity index (χ1) is 10.2. The van der Waals surface area contributed by atoms with E-state index >= 15 is 0 Å². The summed E-state index contributed by atoms with van der Waals surface area (Å²) in [7, 11) is 0. The smallest absolute Gasteiger partial charge is 0.126 e. The highest BCUT2D eigenvalue weighted by Gasteiger charge is 2.13. The van der Waals surface area contributed by atoms with Gasteiger partial charge in [-0.15, -0.1) is 0 Å². The van der Waals surface area contributed by atoms with E-state index in [0.717, 1.165) is 17.7 Å². The lowest BCUT2D eigenvalue weighted by atomic mass is 9.99. The van der Waals surface area contributed by atoms with Crippen LogP contribution < -0.4 is 16.0 Å². The summed E-state index contributed by atoms with van der Waals surface area (Å²) in [6, 6.07) is 14.3. The molecule has 1 unspecified atom stereocenters. The molecular formula is C17H21FN2O. The first kappa shape index (κ1) is 15.5. The lowest BCUT2D eigenvalue weighted by Gasteiger charge is -2.17. The molecule has 0 aliphatic rings. The molecule has 0 heterocycles. The van der Waals surface area contributed by atoms with Crippen LogP contribution in [0.2, 0.25) is 0 Å². The molecule has 2 aromatic rings. The van der Waals surface area contributed by atoms with Crippen LogP contribution in [0.4, 0.5) is 4.39 Å². The molecule has 0 saturated carbocycles. The van der Waals surface area contributed by atoms with Crippen LogP contribution in [0, 0.1) is 5.82 Å². The van der Waals surface area contributed by atoms with Gasteiger partial charge in [-0.1, -0.05) is 37.3 Å². The summed E-state index contributed by atoms with van der Waals surface area (Å²) >= 11 is 0. The number of hydrogen-bond acceptors (Lipinski definition) is 3. The maximum absolute atomic E-state index is 13.7. The van der Waals surface area contributed by atoms with Gasteiger partial charge in [-0.05, 0) is 42.2 Å². The van der Waals surface area contributed by atoms with E-state index in [4.69, 9.17) is 10.6 Å². The number of hydrogen-bond donors (Lipinski definition) is 2. The van der Waals surface area contributed by atoms with E-state index in [-0.39, 0.29) is 11.9 Å². The van der Waals surface area contributed by atoms with Crippen molar-refractivity contribution in [2.75, 3.05) is 6.61 Å². The Kier molecular flexibility index (Phi) is 5.72. The summed E-state index contributed by atoms with van der Waals surface area (Å²) in [6.07, 6.45) is 1.47. The van der Waals surface area contributed by atoms with Crippen molar-refractivity contribution in [1.29, 1.82) is 0 Å². The van der Waals surface area contributed by atoms with Crippen LogP contribution in [0.3, 0.4) is 0 Å². The summed E-state index contributed by atoms with van der Waals surface area (Å²) < 4.78 is 19.3. The Hall–Kier alpha value is -1.91. The molecule has 0 saturated heterocycles. The molecule has 0 aliphatic heterocycles. The highest BCUT2D eigenvalue weighted by atomic mass is 19.1. The summed E-state index contributed by atoms with van der Waals surface area (Å²) in [6.45, 7) is 2.77. The van der Waals surface area contributed by atoms with Crippen molar-refractivity contribution < 1.29 is 9.13 Å². The predicted molar refractivity (Wildman–Crippen MR) is 82.4 cm³/mol. The van der Waals surface area contributed by atoms with E-state index in [1.807, 2.05) is 30.3 Å². The summed E-state index contributed by atoms with van der Waals surface area (Å²) in [5, 5.41) is 0. The first-order valence-corrected chi connectivity index (χ1v) is 7.17. The normalized spacial score (nSPS) is 12.1. The van der Waals surface area contributed by atoms with Crippen molar-refractivity contribution in [2.24, 2.45) is 5.84 Å². The molecule has 0 aromatic heterocycles. The molecule has 4 heteroatoms. The second-order valence-electron chi connectivity index (χ2n) is 4.93. The zero-order valence-corrected chi connectivity index (χ0v) is 12.2. The molecule has 0 amide bonds. The number of hydrazine groups is 1. The standard InChI is InChI=1S/C17H21FN2O/c1-2-11-21-15-9-7-13(8-10-15)17(20-19)12-14-5-3-4-6-16(14)18/h3-10,17,20H,2,11-12,19H2,1H3. The summed E-state index contributed by atoms with van der Waals surface area (Å²) in [4.78, 5) is 0. The van der Waals surface area contributed by atoms with Gasteiger partial charge in [-0.25, -0.2) is 4.39 Å². The average molecular weight is 288 g/mol. The first-order valence-electron chi connectivity index (χ1n) is 7.17. The highest BCUT2D eigenvalue weighted by molar-refractivity contribution is 5.30. The van der Waals surface area contributed by atoms with Crippen LogP contribution >= 0.6 is 0 Å². The Morgan fingerprint density at radius 3 is 2.48 bits per heavy atom. The number of rotatable bonds is 7. The van der Waals surface area contributed by atoms with Crippen molar-refractivity contribution in [3.05, 3.63) is 65.5 Å². The third-order valence-electron chi connectivity index (χ3n) is 3.34. The van der Waals surface area contributed by atoms with E-state index in [1.54, 1.807) is 12.1 Å². The molecule has 2 aromatic carbocycles. The average Bonchev–Trinajstić information content (AvgIpc) is 2.53. The number of benzene rings is 2. The van der Waals surface area contributed by atoms with E-state index in [0.29, 0.717) is 18.6 Å². The lowest BCUT2D eigenvalue weighted by molar-refractivity contribution is 0.317. The quantitative estimate of drug-likeness (QED) is 0.606. The monoisotopic (exact) mass is 288 g/mol. The molecule has 21 heavy (non-hydrogen) atoms. The SMILES string of the molecule is CCCOc1ccc(C(Cc2ccccc2F)NN)cc1. The van der Waals surface area contributed by atoms with Crippen molar-refractivity contribution in [1.82, 2.24) is 5.43 Å². The molecule has 0 fully saturated rings. The number of halogens is 1. The van der Waals surface area contributed by atoms with Crippen LogP contribution in [0.5, 0.6) is 5.75 Å². The Morgan fingerprint density at radius 1 is 1.14 bits per heavy atom.